The molecular weight excluding hydrogens is 296 g/mol. The van der Waals surface area contributed by atoms with E-state index in [0.29, 0.717) is 0 Å². The second kappa shape index (κ2) is 5.16. The average molecular weight is 316 g/mol. The number of carbonyl (C=O) groups excluding carboxylic acids is 2. The number of hydrogen-bond donors (Lipinski definition) is 3. The Morgan fingerprint density at radius 3 is 2.52 bits per heavy atom. The molecule has 0 radical (unpaired) electrons. The normalized spacial score (nSPS) is 33.0. The molecule has 0 aliphatic carbocycles. The van der Waals surface area contributed by atoms with Crippen molar-refractivity contribution < 1.29 is 19.5 Å². The Kier molecular flexibility index (Phi) is 3.52. The molecule has 23 heavy (non-hydrogen) atoms. The minimum Gasteiger partial charge on any atom is -0.480 e. The first-order valence-electron chi connectivity index (χ1n) is 7.71. The van der Waals surface area contributed by atoms with Gasteiger partial charge in [-0.2, -0.15) is 0 Å². The third kappa shape index (κ3) is 2.09. The number of nitrogens with one attached hydrogen (secondary N) is 2. The van der Waals surface area contributed by atoms with Crippen LogP contribution in [0.4, 0.5) is 0 Å². The van der Waals surface area contributed by atoms with E-state index in [0.717, 1.165) is 11.1 Å². The molecule has 2 aliphatic rings. The predicted octanol–water partition coefficient (Wildman–Crippen LogP) is 1.01. The zero-order valence-corrected chi connectivity index (χ0v) is 13.3. The Morgan fingerprint density at radius 2 is 1.96 bits per heavy atom. The van der Waals surface area contributed by atoms with Crippen LogP contribution in [0.3, 0.4) is 0 Å². The summed E-state index contributed by atoms with van der Waals surface area (Å²) in [6.07, 6.45) is 0. The highest BCUT2D eigenvalue weighted by Crippen LogP contribution is 2.49. The fraction of sp³-hybridized carbons (Fsp3) is 0.471. The third-order valence-electron chi connectivity index (χ3n) is 5.10. The largest absolute Gasteiger partial charge is 0.480 e. The molecule has 0 saturated carbocycles. The molecule has 4 atom stereocenters. The maximum absolute atomic E-state index is 12.3. The van der Waals surface area contributed by atoms with Gasteiger partial charge < -0.3 is 5.11 Å². The van der Waals surface area contributed by atoms with Crippen molar-refractivity contribution in [1.82, 2.24) is 10.6 Å². The minimum atomic E-state index is -1.45. The fourth-order valence-electron chi connectivity index (χ4n) is 3.99. The van der Waals surface area contributed by atoms with Crippen molar-refractivity contribution in [2.45, 2.75) is 32.4 Å². The molecule has 0 bridgehead atoms. The Hall–Kier alpha value is -2.21. The summed E-state index contributed by atoms with van der Waals surface area (Å²) in [5.74, 6) is -3.95. The van der Waals surface area contributed by atoms with Gasteiger partial charge in [-0.3, -0.25) is 25.0 Å². The van der Waals surface area contributed by atoms with E-state index in [1.807, 2.05) is 31.2 Å². The molecule has 122 valence electrons. The zero-order chi connectivity index (χ0) is 16.9. The maximum atomic E-state index is 12.3. The highest BCUT2D eigenvalue weighted by atomic mass is 16.4. The molecule has 2 fully saturated rings. The van der Waals surface area contributed by atoms with Crippen LogP contribution in [0.5, 0.6) is 0 Å². The average Bonchev–Trinajstić information content (AvgIpc) is 2.97. The van der Waals surface area contributed by atoms with Crippen molar-refractivity contribution >= 4 is 17.8 Å². The number of imide groups is 1. The van der Waals surface area contributed by atoms with Crippen LogP contribution in [0.1, 0.15) is 31.0 Å². The van der Waals surface area contributed by atoms with E-state index < -0.39 is 41.2 Å². The third-order valence-corrected chi connectivity index (χ3v) is 5.10. The lowest BCUT2D eigenvalue weighted by Crippen LogP contribution is -2.59. The molecule has 2 amide bonds. The fourth-order valence-corrected chi connectivity index (χ4v) is 3.99. The zero-order valence-electron chi connectivity index (χ0n) is 13.3. The molecule has 0 spiro atoms. The van der Waals surface area contributed by atoms with Gasteiger partial charge in [0.15, 0.2) is 0 Å². The van der Waals surface area contributed by atoms with E-state index in [1.54, 1.807) is 13.8 Å². The van der Waals surface area contributed by atoms with E-state index in [9.17, 15) is 19.5 Å². The van der Waals surface area contributed by atoms with Crippen LogP contribution in [-0.4, -0.2) is 28.4 Å². The number of benzene rings is 1. The Morgan fingerprint density at radius 1 is 1.26 bits per heavy atom. The quantitative estimate of drug-likeness (QED) is 0.723. The Bertz CT molecular complexity index is 700. The number of carboxylic acid groups (broad SMARTS) is 1. The first kappa shape index (κ1) is 15.7. The van der Waals surface area contributed by atoms with Gasteiger partial charge in [0.25, 0.3) is 0 Å². The molecular formula is C17H20N2O4. The van der Waals surface area contributed by atoms with Crippen LogP contribution >= 0.6 is 0 Å². The Labute approximate surface area is 134 Å². The summed E-state index contributed by atoms with van der Waals surface area (Å²) >= 11 is 0. The molecule has 4 unspecified atom stereocenters. The van der Waals surface area contributed by atoms with E-state index >= 15 is 0 Å². The summed E-state index contributed by atoms with van der Waals surface area (Å²) in [5, 5.41) is 15.3. The second-order valence-corrected chi connectivity index (χ2v) is 6.72. The van der Waals surface area contributed by atoms with Crippen molar-refractivity contribution in [3.63, 3.8) is 0 Å². The van der Waals surface area contributed by atoms with Gasteiger partial charge in [-0.05, 0) is 18.4 Å². The van der Waals surface area contributed by atoms with Gasteiger partial charge >= 0.3 is 5.97 Å². The second-order valence-electron chi connectivity index (χ2n) is 6.72. The monoisotopic (exact) mass is 316 g/mol. The van der Waals surface area contributed by atoms with Crippen molar-refractivity contribution in [1.29, 1.82) is 0 Å². The molecule has 2 aliphatic heterocycles. The van der Waals surface area contributed by atoms with Crippen LogP contribution in [0.2, 0.25) is 0 Å². The lowest BCUT2D eigenvalue weighted by atomic mass is 9.73. The standard InChI is InChI=1S/C17H20N2O4/c1-8(2)17(16(22)23)12-11(14(20)18-15(12)21)13(19-17)10-6-4-5-9(3)7-10/h4-8,11-13,19H,1-3H3,(H,22,23)(H,18,20,21). The van der Waals surface area contributed by atoms with Gasteiger partial charge in [-0.25, -0.2) is 0 Å². The van der Waals surface area contributed by atoms with Gasteiger partial charge in [-0.1, -0.05) is 43.7 Å². The van der Waals surface area contributed by atoms with Gasteiger partial charge in [0.2, 0.25) is 11.8 Å². The minimum absolute atomic E-state index is 0.348. The summed E-state index contributed by atoms with van der Waals surface area (Å²) in [5.41, 5.74) is 0.395. The van der Waals surface area contributed by atoms with E-state index in [1.165, 1.54) is 0 Å². The highest BCUT2D eigenvalue weighted by Gasteiger charge is 2.67. The molecule has 1 aromatic rings. The van der Waals surface area contributed by atoms with Crippen LogP contribution in [0, 0.1) is 24.7 Å². The summed E-state index contributed by atoms with van der Waals surface area (Å²) in [6, 6.07) is 7.08. The highest BCUT2D eigenvalue weighted by molar-refractivity contribution is 6.09. The predicted molar refractivity (Wildman–Crippen MR) is 82.4 cm³/mol. The molecule has 6 heteroatoms. The number of hydrogen-bond acceptors (Lipinski definition) is 4. The molecule has 2 saturated heterocycles. The molecule has 1 aromatic carbocycles. The number of carboxylic acids is 1. The SMILES string of the molecule is Cc1cccc(C2NC(C(=O)O)(C(C)C)C3C(=O)NC(=O)C23)c1. The maximum Gasteiger partial charge on any atom is 0.325 e. The van der Waals surface area contributed by atoms with Crippen LogP contribution < -0.4 is 10.6 Å². The van der Waals surface area contributed by atoms with Crippen molar-refractivity contribution in [3.8, 4) is 0 Å². The number of rotatable bonds is 3. The molecule has 6 nitrogen and oxygen atoms in total. The van der Waals surface area contributed by atoms with Gasteiger partial charge in [0.1, 0.15) is 5.54 Å². The number of carbonyl (C=O) groups is 3. The van der Waals surface area contributed by atoms with Gasteiger partial charge in [-0.15, -0.1) is 0 Å². The van der Waals surface area contributed by atoms with Crippen molar-refractivity contribution in [2.75, 3.05) is 0 Å². The molecule has 0 aromatic heterocycles. The molecule has 3 N–H and O–H groups in total. The van der Waals surface area contributed by atoms with Crippen molar-refractivity contribution in [2.24, 2.45) is 17.8 Å². The van der Waals surface area contributed by atoms with Crippen LogP contribution in [0.25, 0.3) is 0 Å². The number of amides is 2. The smallest absolute Gasteiger partial charge is 0.325 e. The lowest BCUT2D eigenvalue weighted by molar-refractivity contribution is -0.151. The first-order valence-corrected chi connectivity index (χ1v) is 7.71. The summed E-state index contributed by atoms with van der Waals surface area (Å²) < 4.78 is 0. The van der Waals surface area contributed by atoms with E-state index in [4.69, 9.17) is 0 Å². The number of fused-ring (bicyclic) bond motifs is 1. The number of aryl methyl sites for hydroxylation is 1. The Balaban J connectivity index is 2.15. The van der Waals surface area contributed by atoms with Gasteiger partial charge in [0, 0.05) is 6.04 Å². The van der Waals surface area contributed by atoms with Crippen LogP contribution in [0.15, 0.2) is 24.3 Å². The van der Waals surface area contributed by atoms with E-state index in [-0.39, 0.29) is 5.92 Å². The summed E-state index contributed by atoms with van der Waals surface area (Å²) in [4.78, 5) is 36.7. The molecule has 3 rings (SSSR count). The summed E-state index contributed by atoms with van der Waals surface area (Å²) in [6.45, 7) is 5.45. The van der Waals surface area contributed by atoms with Crippen LogP contribution in [-0.2, 0) is 14.4 Å². The molecule has 2 heterocycles. The lowest BCUT2D eigenvalue weighted by Gasteiger charge is -2.33. The first-order chi connectivity index (χ1) is 10.8. The number of aliphatic carboxylic acids is 1. The topological polar surface area (TPSA) is 95.5 Å². The van der Waals surface area contributed by atoms with Crippen molar-refractivity contribution in [3.05, 3.63) is 35.4 Å². The van der Waals surface area contributed by atoms with E-state index in [2.05, 4.69) is 10.6 Å². The van der Waals surface area contributed by atoms with Gasteiger partial charge in [0.05, 0.1) is 11.8 Å². The summed E-state index contributed by atoms with van der Waals surface area (Å²) in [7, 11) is 0.